The molecule has 0 radical (unpaired) electrons. The van der Waals surface area contributed by atoms with Gasteiger partial charge in [-0.25, -0.2) is 5.48 Å². The van der Waals surface area contributed by atoms with Crippen LogP contribution in [0.5, 0.6) is 11.5 Å². The Morgan fingerprint density at radius 2 is 1.76 bits per heavy atom. The number of hydrogen-bond acceptors (Lipinski definition) is 5. The quantitative estimate of drug-likeness (QED) is 0.326. The van der Waals surface area contributed by atoms with Crippen molar-refractivity contribution in [2.24, 2.45) is 0 Å². The minimum Gasteiger partial charge on any atom is -0.507 e. The summed E-state index contributed by atoms with van der Waals surface area (Å²) in [5.41, 5.74) is 4.19. The van der Waals surface area contributed by atoms with E-state index in [4.69, 9.17) is 9.94 Å². The summed E-state index contributed by atoms with van der Waals surface area (Å²) >= 11 is 0. The molecule has 3 rings (SSSR count). The summed E-state index contributed by atoms with van der Waals surface area (Å²) in [5, 5.41) is 21.6. The molecule has 0 aromatic heterocycles. The van der Waals surface area contributed by atoms with Gasteiger partial charge in [0, 0.05) is 16.7 Å². The Kier molecular flexibility index (Phi) is 6.86. The van der Waals surface area contributed by atoms with Crippen molar-refractivity contribution in [3.63, 3.8) is 0 Å². The summed E-state index contributed by atoms with van der Waals surface area (Å²) in [4.78, 5) is 23.5. The molecule has 2 aromatic rings. The van der Waals surface area contributed by atoms with Crippen molar-refractivity contribution in [1.82, 2.24) is 10.8 Å². The SMILES string of the molecule is O=C(NO)c1ccc(OCCNC(=O)c2ccc(C3=CCCCC3)c(O)c2)cc1. The number of hydrogen-bond donors (Lipinski definition) is 4. The van der Waals surface area contributed by atoms with E-state index in [2.05, 4.69) is 11.4 Å². The van der Waals surface area contributed by atoms with Crippen LogP contribution in [0.2, 0.25) is 0 Å². The smallest absolute Gasteiger partial charge is 0.274 e. The van der Waals surface area contributed by atoms with Crippen LogP contribution < -0.4 is 15.5 Å². The number of nitrogens with one attached hydrogen (secondary N) is 2. The number of carbonyl (C=O) groups is 2. The summed E-state index contributed by atoms with van der Waals surface area (Å²) in [7, 11) is 0. The van der Waals surface area contributed by atoms with Crippen molar-refractivity contribution in [2.45, 2.75) is 25.7 Å². The van der Waals surface area contributed by atoms with E-state index in [0.29, 0.717) is 16.9 Å². The largest absolute Gasteiger partial charge is 0.507 e. The van der Waals surface area contributed by atoms with Gasteiger partial charge < -0.3 is 15.2 Å². The second-order valence-corrected chi connectivity index (χ2v) is 6.78. The van der Waals surface area contributed by atoms with Gasteiger partial charge in [0.2, 0.25) is 0 Å². The summed E-state index contributed by atoms with van der Waals surface area (Å²) in [6.45, 7) is 0.527. The van der Waals surface area contributed by atoms with Crippen LogP contribution in [0, 0.1) is 0 Å². The zero-order chi connectivity index (χ0) is 20.6. The molecule has 7 nitrogen and oxygen atoms in total. The Balaban J connectivity index is 1.48. The molecule has 0 aliphatic heterocycles. The lowest BCUT2D eigenvalue weighted by Crippen LogP contribution is -2.28. The first-order chi connectivity index (χ1) is 14.1. The van der Waals surface area contributed by atoms with E-state index in [1.165, 1.54) is 24.6 Å². The average molecular weight is 396 g/mol. The number of allylic oxidation sites excluding steroid dienone is 2. The number of amides is 2. The lowest BCUT2D eigenvalue weighted by molar-refractivity contribution is 0.0706. The van der Waals surface area contributed by atoms with Crippen LogP contribution in [0.15, 0.2) is 48.5 Å². The van der Waals surface area contributed by atoms with Gasteiger partial charge in [-0.2, -0.15) is 0 Å². The van der Waals surface area contributed by atoms with Crippen molar-refractivity contribution >= 4 is 17.4 Å². The molecule has 1 aliphatic carbocycles. The highest BCUT2D eigenvalue weighted by Gasteiger charge is 2.13. The fourth-order valence-corrected chi connectivity index (χ4v) is 3.23. The van der Waals surface area contributed by atoms with Gasteiger partial charge in [-0.15, -0.1) is 0 Å². The average Bonchev–Trinajstić information content (AvgIpc) is 2.77. The molecule has 2 amide bonds. The molecule has 0 atom stereocenters. The topological polar surface area (TPSA) is 108 Å². The molecule has 0 saturated heterocycles. The molecule has 152 valence electrons. The van der Waals surface area contributed by atoms with Gasteiger partial charge in [0.15, 0.2) is 0 Å². The van der Waals surface area contributed by atoms with Gasteiger partial charge in [-0.1, -0.05) is 12.1 Å². The van der Waals surface area contributed by atoms with Crippen LogP contribution in [0.1, 0.15) is 52.0 Å². The van der Waals surface area contributed by atoms with E-state index in [1.807, 2.05) is 0 Å². The van der Waals surface area contributed by atoms with Crippen molar-refractivity contribution in [1.29, 1.82) is 0 Å². The van der Waals surface area contributed by atoms with E-state index >= 15 is 0 Å². The fourth-order valence-electron chi connectivity index (χ4n) is 3.23. The number of benzene rings is 2. The molecule has 7 heteroatoms. The molecule has 0 heterocycles. The van der Waals surface area contributed by atoms with Crippen LogP contribution in [-0.4, -0.2) is 35.3 Å². The van der Waals surface area contributed by atoms with Gasteiger partial charge in [0.25, 0.3) is 11.8 Å². The Morgan fingerprint density at radius 3 is 2.41 bits per heavy atom. The van der Waals surface area contributed by atoms with Gasteiger partial charge >= 0.3 is 0 Å². The van der Waals surface area contributed by atoms with Crippen molar-refractivity contribution in [2.75, 3.05) is 13.2 Å². The molecule has 29 heavy (non-hydrogen) atoms. The van der Waals surface area contributed by atoms with E-state index in [-0.39, 0.29) is 24.8 Å². The molecule has 2 aromatic carbocycles. The van der Waals surface area contributed by atoms with Gasteiger partial charge in [0.05, 0.1) is 6.54 Å². The van der Waals surface area contributed by atoms with E-state index < -0.39 is 5.91 Å². The molecule has 0 spiro atoms. The zero-order valence-electron chi connectivity index (χ0n) is 16.0. The lowest BCUT2D eigenvalue weighted by atomic mass is 9.92. The van der Waals surface area contributed by atoms with Crippen LogP contribution in [-0.2, 0) is 0 Å². The first-order valence-electron chi connectivity index (χ1n) is 9.56. The Bertz CT molecular complexity index is 906. The van der Waals surface area contributed by atoms with E-state index in [9.17, 15) is 14.7 Å². The second kappa shape index (κ2) is 9.75. The number of phenols is 1. The van der Waals surface area contributed by atoms with Crippen LogP contribution in [0.3, 0.4) is 0 Å². The van der Waals surface area contributed by atoms with Crippen molar-refractivity contribution < 1.29 is 24.6 Å². The molecule has 4 N–H and O–H groups in total. The Hall–Kier alpha value is -3.32. The number of carbonyl (C=O) groups excluding carboxylic acids is 2. The molecule has 1 aliphatic rings. The molecule has 0 saturated carbocycles. The zero-order valence-corrected chi connectivity index (χ0v) is 16.0. The Labute approximate surface area is 169 Å². The molecule has 0 unspecified atom stereocenters. The summed E-state index contributed by atoms with van der Waals surface area (Å²) < 4.78 is 5.52. The normalized spacial score (nSPS) is 13.3. The predicted octanol–water partition coefficient (Wildman–Crippen LogP) is 3.28. The fraction of sp³-hybridized carbons (Fsp3) is 0.273. The van der Waals surface area contributed by atoms with Crippen LogP contribution in [0.4, 0.5) is 0 Å². The highest BCUT2D eigenvalue weighted by molar-refractivity contribution is 5.95. The predicted molar refractivity (Wildman–Crippen MR) is 108 cm³/mol. The lowest BCUT2D eigenvalue weighted by Gasteiger charge is -2.15. The van der Waals surface area contributed by atoms with Crippen molar-refractivity contribution in [3.8, 4) is 11.5 Å². The van der Waals surface area contributed by atoms with Gasteiger partial charge in [0.1, 0.15) is 18.1 Å². The minimum absolute atomic E-state index is 0.119. The summed E-state index contributed by atoms with van der Waals surface area (Å²) in [6.07, 6.45) is 6.41. The van der Waals surface area contributed by atoms with E-state index in [1.54, 1.807) is 29.7 Å². The molecular formula is C22H24N2O5. The van der Waals surface area contributed by atoms with Crippen LogP contribution in [0.25, 0.3) is 5.57 Å². The maximum atomic E-state index is 12.3. The first kappa shape index (κ1) is 20.4. The first-order valence-corrected chi connectivity index (χ1v) is 9.56. The summed E-state index contributed by atoms with van der Waals surface area (Å²) in [6, 6.07) is 11.2. The Morgan fingerprint density at radius 1 is 1.00 bits per heavy atom. The molecule has 0 fully saturated rings. The number of rotatable bonds is 7. The number of aromatic hydroxyl groups is 1. The number of phenolic OH excluding ortho intramolecular Hbond substituents is 1. The third-order valence-corrected chi connectivity index (χ3v) is 4.77. The van der Waals surface area contributed by atoms with Gasteiger partial charge in [-0.05, 0) is 67.7 Å². The van der Waals surface area contributed by atoms with E-state index in [0.717, 1.165) is 30.4 Å². The number of ether oxygens (including phenoxy) is 1. The maximum absolute atomic E-state index is 12.3. The van der Waals surface area contributed by atoms with Crippen LogP contribution >= 0.6 is 0 Å². The summed E-state index contributed by atoms with van der Waals surface area (Å²) in [5.74, 6) is -0.230. The van der Waals surface area contributed by atoms with Crippen molar-refractivity contribution in [3.05, 3.63) is 65.2 Å². The molecule has 0 bridgehead atoms. The minimum atomic E-state index is -0.599. The highest BCUT2D eigenvalue weighted by Crippen LogP contribution is 2.32. The maximum Gasteiger partial charge on any atom is 0.274 e. The number of hydroxylamine groups is 1. The standard InChI is InChI=1S/C22H24N2O5/c25-20-14-17(8-11-19(20)15-4-2-1-3-5-15)21(26)23-12-13-29-18-9-6-16(7-10-18)22(27)24-28/h4,6-11,14,25,28H,1-3,5,12-13H2,(H,23,26)(H,24,27). The molecular weight excluding hydrogens is 372 g/mol. The highest BCUT2D eigenvalue weighted by atomic mass is 16.5. The monoisotopic (exact) mass is 396 g/mol. The second-order valence-electron chi connectivity index (χ2n) is 6.78. The third kappa shape index (κ3) is 5.36. The third-order valence-electron chi connectivity index (χ3n) is 4.77. The van der Waals surface area contributed by atoms with Gasteiger partial charge in [-0.3, -0.25) is 14.8 Å².